The first kappa shape index (κ1) is 24.8. The van der Waals surface area contributed by atoms with Crippen molar-refractivity contribution < 1.29 is 24.5 Å². The molecule has 2 N–H and O–H groups in total. The van der Waals surface area contributed by atoms with Crippen LogP contribution < -0.4 is 0 Å². The average Bonchev–Trinajstić information content (AvgIpc) is 3.08. The predicted octanol–water partition coefficient (Wildman–Crippen LogP) is 5.54. The number of rotatable bonds is 2. The maximum atomic E-state index is 12.2. The largest absolute Gasteiger partial charge is 0.390 e. The van der Waals surface area contributed by atoms with E-state index >= 15 is 0 Å². The summed E-state index contributed by atoms with van der Waals surface area (Å²) in [7, 11) is 0. The van der Waals surface area contributed by atoms with E-state index in [1.165, 1.54) is 16.7 Å². The van der Waals surface area contributed by atoms with Gasteiger partial charge >= 0.3 is 0 Å². The number of aliphatic hydroxyl groups is 2. The fourth-order valence-electron chi connectivity index (χ4n) is 8.58. The number of carbonyl (C=O) groups excluding carboxylic acids is 1. The summed E-state index contributed by atoms with van der Waals surface area (Å²) in [5.41, 5.74) is 2.69. The Morgan fingerprint density at radius 2 is 1.64 bits per heavy atom. The van der Waals surface area contributed by atoms with Gasteiger partial charge in [0.25, 0.3) is 0 Å². The fraction of sp³-hybridized carbons (Fsp3) is 0.710. The van der Waals surface area contributed by atoms with Crippen LogP contribution in [0.5, 0.6) is 0 Å². The highest BCUT2D eigenvalue weighted by Gasteiger charge is 2.63. The summed E-state index contributed by atoms with van der Waals surface area (Å²) in [4.78, 5) is 11.3. The smallest absolute Gasteiger partial charge is 0.171 e. The normalized spacial score (nSPS) is 43.0. The maximum Gasteiger partial charge on any atom is 0.171 e. The van der Waals surface area contributed by atoms with Gasteiger partial charge in [0, 0.05) is 35.2 Å². The molecule has 3 saturated carbocycles. The molecule has 1 aromatic rings. The first-order valence-electron chi connectivity index (χ1n) is 13.9. The molecule has 5 aliphatic rings. The van der Waals surface area contributed by atoms with Crippen molar-refractivity contribution in [3.8, 4) is 0 Å². The molecule has 0 radical (unpaired) electrons. The lowest BCUT2D eigenvalue weighted by Crippen LogP contribution is -2.58. The van der Waals surface area contributed by atoms with E-state index in [0.717, 1.165) is 51.2 Å². The molecule has 0 amide bonds. The second kappa shape index (κ2) is 7.99. The summed E-state index contributed by atoms with van der Waals surface area (Å²) in [5, 5.41) is 23.8. The second-order valence-electron chi connectivity index (χ2n) is 13.8. The van der Waals surface area contributed by atoms with Crippen molar-refractivity contribution in [3.05, 3.63) is 46.5 Å². The SMILES string of the molecule is CC1(C)COC2(CCC3=C4C(CC[C@@]3(O)C2)C2CCC(C)(O)C2(C)C[C@@H]4c2ccc(C=O)cc2)OC1. The molecule has 4 fully saturated rings. The molecular weight excluding hydrogens is 452 g/mol. The number of aldehydes is 1. The Morgan fingerprint density at radius 3 is 2.31 bits per heavy atom. The van der Waals surface area contributed by atoms with Crippen molar-refractivity contribution in [2.75, 3.05) is 13.2 Å². The minimum absolute atomic E-state index is 0.00368. The van der Waals surface area contributed by atoms with E-state index in [2.05, 4.69) is 32.9 Å². The van der Waals surface area contributed by atoms with Gasteiger partial charge in [-0.25, -0.2) is 0 Å². The van der Waals surface area contributed by atoms with Gasteiger partial charge in [-0.1, -0.05) is 50.6 Å². The molecule has 5 heteroatoms. The van der Waals surface area contributed by atoms with Crippen molar-refractivity contribution in [3.63, 3.8) is 0 Å². The minimum atomic E-state index is -0.915. The van der Waals surface area contributed by atoms with Gasteiger partial charge in [0.1, 0.15) is 6.29 Å². The van der Waals surface area contributed by atoms with Gasteiger partial charge in [0.05, 0.1) is 24.4 Å². The lowest BCUT2D eigenvalue weighted by atomic mass is 9.50. The average molecular weight is 495 g/mol. The highest BCUT2D eigenvalue weighted by atomic mass is 16.7. The van der Waals surface area contributed by atoms with Gasteiger partial charge in [0.15, 0.2) is 5.79 Å². The lowest BCUT2D eigenvalue weighted by molar-refractivity contribution is -0.322. The van der Waals surface area contributed by atoms with E-state index in [1.54, 1.807) is 0 Å². The van der Waals surface area contributed by atoms with Crippen LogP contribution >= 0.6 is 0 Å². The van der Waals surface area contributed by atoms with Crippen LogP contribution in [0.25, 0.3) is 0 Å². The van der Waals surface area contributed by atoms with Crippen LogP contribution in [0, 0.1) is 22.7 Å². The minimum Gasteiger partial charge on any atom is -0.390 e. The Bertz CT molecular complexity index is 1070. The third kappa shape index (κ3) is 3.60. The summed E-state index contributed by atoms with van der Waals surface area (Å²) < 4.78 is 12.7. The summed E-state index contributed by atoms with van der Waals surface area (Å²) in [5.74, 6) is 0.223. The molecule has 0 bridgehead atoms. The zero-order valence-electron chi connectivity index (χ0n) is 22.3. The molecule has 196 valence electrons. The van der Waals surface area contributed by atoms with Gasteiger partial charge in [-0.15, -0.1) is 0 Å². The van der Waals surface area contributed by atoms with E-state index in [-0.39, 0.29) is 16.7 Å². The van der Waals surface area contributed by atoms with E-state index in [9.17, 15) is 15.0 Å². The Labute approximate surface area is 215 Å². The zero-order chi connectivity index (χ0) is 25.6. The van der Waals surface area contributed by atoms with E-state index in [4.69, 9.17) is 9.47 Å². The topological polar surface area (TPSA) is 76.0 Å². The van der Waals surface area contributed by atoms with Gasteiger partial charge in [-0.05, 0) is 68.4 Å². The van der Waals surface area contributed by atoms with Gasteiger partial charge in [-0.3, -0.25) is 4.79 Å². The molecule has 1 spiro atoms. The number of fused-ring (bicyclic) bond motifs is 4. The summed E-state index contributed by atoms with van der Waals surface area (Å²) in [6.45, 7) is 9.94. The number of carbonyl (C=O) groups is 1. The van der Waals surface area contributed by atoms with Crippen LogP contribution in [-0.4, -0.2) is 46.7 Å². The van der Waals surface area contributed by atoms with E-state index in [0.29, 0.717) is 37.0 Å². The Balaban J connectivity index is 1.43. The number of hydrogen-bond donors (Lipinski definition) is 2. The standard InChI is InChI=1S/C31H42O5/c1-27(2)18-35-31(36-19-27)14-11-25-26-22(9-13-30(25,34)17-31)24-10-12-29(4,33)28(24,3)15-23(26)21-7-5-20(16-32)6-8-21/h5-8,16,22-24,33-34H,9-15,17-19H2,1-4H3/t22?,23-,24?,28?,29?,30-/m1/s1. The molecule has 1 aliphatic heterocycles. The number of allylic oxidation sites excluding steroid dienone is 1. The quantitative estimate of drug-likeness (QED) is 0.417. The van der Waals surface area contributed by atoms with E-state index in [1.807, 2.05) is 19.1 Å². The van der Waals surface area contributed by atoms with E-state index < -0.39 is 17.0 Å². The third-order valence-electron chi connectivity index (χ3n) is 10.9. The first-order chi connectivity index (χ1) is 16.9. The third-order valence-corrected chi connectivity index (χ3v) is 10.9. The number of ether oxygens (including phenoxy) is 2. The monoisotopic (exact) mass is 494 g/mol. The van der Waals surface area contributed by atoms with Crippen LogP contribution in [0.4, 0.5) is 0 Å². The highest BCUT2D eigenvalue weighted by molar-refractivity contribution is 5.74. The molecule has 36 heavy (non-hydrogen) atoms. The van der Waals surface area contributed by atoms with Gasteiger partial charge in [-0.2, -0.15) is 0 Å². The zero-order valence-corrected chi connectivity index (χ0v) is 22.3. The molecule has 6 atom stereocenters. The molecular formula is C31H42O5. The van der Waals surface area contributed by atoms with Gasteiger partial charge in [0.2, 0.25) is 0 Å². The Hall–Kier alpha value is -1.53. The fourth-order valence-corrected chi connectivity index (χ4v) is 8.58. The molecule has 1 aromatic carbocycles. The molecule has 6 rings (SSSR count). The molecule has 1 saturated heterocycles. The van der Waals surface area contributed by atoms with Crippen molar-refractivity contribution in [1.29, 1.82) is 0 Å². The van der Waals surface area contributed by atoms with Crippen LogP contribution in [0.3, 0.4) is 0 Å². The molecule has 1 heterocycles. The van der Waals surface area contributed by atoms with Crippen molar-refractivity contribution in [1.82, 2.24) is 0 Å². The summed E-state index contributed by atoms with van der Waals surface area (Å²) >= 11 is 0. The molecule has 4 unspecified atom stereocenters. The molecule has 0 aromatic heterocycles. The lowest BCUT2D eigenvalue weighted by Gasteiger charge is -2.58. The highest BCUT2D eigenvalue weighted by Crippen LogP contribution is 2.67. The van der Waals surface area contributed by atoms with Gasteiger partial charge < -0.3 is 19.7 Å². The van der Waals surface area contributed by atoms with Crippen LogP contribution in [0.1, 0.15) is 101 Å². The Morgan fingerprint density at radius 1 is 0.944 bits per heavy atom. The molecule has 4 aliphatic carbocycles. The van der Waals surface area contributed by atoms with Crippen molar-refractivity contribution >= 4 is 6.29 Å². The summed E-state index contributed by atoms with van der Waals surface area (Å²) in [6, 6.07) is 7.97. The first-order valence-corrected chi connectivity index (χ1v) is 13.9. The van der Waals surface area contributed by atoms with Crippen molar-refractivity contribution in [2.45, 2.75) is 102 Å². The predicted molar refractivity (Wildman–Crippen MR) is 138 cm³/mol. The van der Waals surface area contributed by atoms with Crippen LogP contribution in [-0.2, 0) is 9.47 Å². The number of hydrogen-bond acceptors (Lipinski definition) is 5. The second-order valence-corrected chi connectivity index (χ2v) is 13.8. The summed E-state index contributed by atoms with van der Waals surface area (Å²) in [6.07, 6.45) is 7.32. The van der Waals surface area contributed by atoms with Crippen molar-refractivity contribution in [2.24, 2.45) is 22.7 Å². The maximum absolute atomic E-state index is 12.2. The molecule has 5 nitrogen and oxygen atoms in total. The van der Waals surface area contributed by atoms with Crippen LogP contribution in [0.15, 0.2) is 35.4 Å². The van der Waals surface area contributed by atoms with Crippen LogP contribution in [0.2, 0.25) is 0 Å². The number of benzene rings is 1. The Kier molecular flexibility index (Phi) is 5.50.